The third kappa shape index (κ3) is 2.31. The number of fused-ring (bicyclic) bond motifs is 1. The van der Waals surface area contributed by atoms with E-state index in [0.29, 0.717) is 16.7 Å². The molecule has 0 amide bonds. The van der Waals surface area contributed by atoms with E-state index in [4.69, 9.17) is 40.5 Å². The third-order valence-electron chi connectivity index (χ3n) is 2.95. The van der Waals surface area contributed by atoms with Crippen molar-refractivity contribution in [3.8, 4) is 5.69 Å². The first-order valence-corrected chi connectivity index (χ1v) is 6.79. The number of nitrogens with two attached hydrogens (primary N) is 1. The molecule has 0 aliphatic heterocycles. The molecule has 0 spiro atoms. The van der Waals surface area contributed by atoms with Crippen molar-refractivity contribution in [1.82, 2.24) is 9.55 Å². The molecule has 0 aliphatic carbocycles. The highest BCUT2D eigenvalue weighted by atomic mass is 35.5. The maximum absolute atomic E-state index is 13.7. The molecule has 8 heteroatoms. The minimum Gasteiger partial charge on any atom is -0.369 e. The van der Waals surface area contributed by atoms with Gasteiger partial charge in [0.2, 0.25) is 5.95 Å². The lowest BCUT2D eigenvalue weighted by molar-refractivity contribution is 0.627. The van der Waals surface area contributed by atoms with Gasteiger partial charge in [-0.3, -0.25) is 4.57 Å². The van der Waals surface area contributed by atoms with Gasteiger partial charge in [-0.15, -0.1) is 0 Å². The molecular weight excluding hydrogens is 343 g/mol. The maximum Gasteiger partial charge on any atom is 0.205 e. The largest absolute Gasteiger partial charge is 0.369 e. The predicted molar refractivity (Wildman–Crippen MR) is 80.4 cm³/mol. The zero-order valence-corrected chi connectivity index (χ0v) is 12.4. The van der Waals surface area contributed by atoms with Crippen LogP contribution in [0.25, 0.3) is 16.7 Å². The summed E-state index contributed by atoms with van der Waals surface area (Å²) in [6.07, 6.45) is 0. The van der Waals surface area contributed by atoms with Gasteiger partial charge >= 0.3 is 0 Å². The van der Waals surface area contributed by atoms with Crippen LogP contribution in [0.15, 0.2) is 24.3 Å². The Balaban J connectivity index is 2.34. The van der Waals surface area contributed by atoms with Crippen LogP contribution in [0.1, 0.15) is 0 Å². The van der Waals surface area contributed by atoms with Crippen LogP contribution in [0, 0.1) is 11.6 Å². The van der Waals surface area contributed by atoms with Crippen LogP contribution in [-0.4, -0.2) is 9.55 Å². The number of benzene rings is 2. The second kappa shape index (κ2) is 5.02. The van der Waals surface area contributed by atoms with E-state index in [0.717, 1.165) is 0 Å². The minimum atomic E-state index is -0.737. The molecule has 1 aromatic heterocycles. The quantitative estimate of drug-likeness (QED) is 0.639. The Morgan fingerprint density at radius 1 is 0.952 bits per heavy atom. The molecule has 3 rings (SSSR count). The van der Waals surface area contributed by atoms with Crippen molar-refractivity contribution in [1.29, 1.82) is 0 Å². The molecule has 3 nitrogen and oxygen atoms in total. The topological polar surface area (TPSA) is 43.8 Å². The first kappa shape index (κ1) is 14.4. The van der Waals surface area contributed by atoms with Crippen molar-refractivity contribution in [2.45, 2.75) is 0 Å². The highest BCUT2D eigenvalue weighted by molar-refractivity contribution is 6.35. The van der Waals surface area contributed by atoms with Gasteiger partial charge in [-0.25, -0.2) is 13.8 Å². The number of anilines is 1. The fourth-order valence-electron chi connectivity index (χ4n) is 2.03. The van der Waals surface area contributed by atoms with Gasteiger partial charge in [0, 0.05) is 6.07 Å². The number of imidazole rings is 1. The van der Waals surface area contributed by atoms with E-state index in [-0.39, 0.29) is 21.0 Å². The summed E-state index contributed by atoms with van der Waals surface area (Å²) in [5.74, 6) is -1.28. The van der Waals surface area contributed by atoms with Crippen molar-refractivity contribution in [2.75, 3.05) is 5.73 Å². The van der Waals surface area contributed by atoms with E-state index in [1.54, 1.807) is 0 Å². The number of hydrogen-bond acceptors (Lipinski definition) is 2. The van der Waals surface area contributed by atoms with Crippen LogP contribution >= 0.6 is 34.8 Å². The Morgan fingerprint density at radius 2 is 1.57 bits per heavy atom. The number of hydrogen-bond donors (Lipinski definition) is 1. The van der Waals surface area contributed by atoms with E-state index in [9.17, 15) is 8.78 Å². The van der Waals surface area contributed by atoms with Gasteiger partial charge in [0.15, 0.2) is 5.82 Å². The van der Waals surface area contributed by atoms with E-state index in [1.807, 2.05) is 0 Å². The molecule has 3 aromatic rings. The van der Waals surface area contributed by atoms with E-state index in [2.05, 4.69) is 4.98 Å². The first-order valence-electron chi connectivity index (χ1n) is 5.66. The van der Waals surface area contributed by atoms with Gasteiger partial charge in [-0.05, 0) is 18.2 Å². The lowest BCUT2D eigenvalue weighted by atomic mass is 10.2. The minimum absolute atomic E-state index is 0.0673. The zero-order chi connectivity index (χ0) is 15.3. The van der Waals surface area contributed by atoms with E-state index in [1.165, 1.54) is 28.8 Å². The third-order valence-corrected chi connectivity index (χ3v) is 3.79. The molecule has 108 valence electrons. The average Bonchev–Trinajstić information content (AvgIpc) is 2.71. The highest BCUT2D eigenvalue weighted by Gasteiger charge is 2.16. The molecule has 0 atom stereocenters. The summed E-state index contributed by atoms with van der Waals surface area (Å²) < 4.78 is 28.5. The van der Waals surface area contributed by atoms with Crippen molar-refractivity contribution in [3.63, 3.8) is 0 Å². The van der Waals surface area contributed by atoms with Gasteiger partial charge in [-0.2, -0.15) is 0 Å². The lowest BCUT2D eigenvalue weighted by Crippen LogP contribution is -2.01. The monoisotopic (exact) mass is 347 g/mol. The van der Waals surface area contributed by atoms with Crippen LogP contribution in [-0.2, 0) is 0 Å². The second-order valence-corrected chi connectivity index (χ2v) is 5.51. The van der Waals surface area contributed by atoms with Crippen LogP contribution in [0.3, 0.4) is 0 Å². The van der Waals surface area contributed by atoms with Crippen LogP contribution in [0.4, 0.5) is 14.7 Å². The average molecular weight is 349 g/mol. The smallest absolute Gasteiger partial charge is 0.205 e. The summed E-state index contributed by atoms with van der Waals surface area (Å²) in [7, 11) is 0. The molecule has 21 heavy (non-hydrogen) atoms. The Kier molecular flexibility index (Phi) is 3.43. The molecule has 0 aliphatic rings. The summed E-state index contributed by atoms with van der Waals surface area (Å²) >= 11 is 17.2. The lowest BCUT2D eigenvalue weighted by Gasteiger charge is -2.09. The van der Waals surface area contributed by atoms with Crippen molar-refractivity contribution >= 4 is 51.8 Å². The van der Waals surface area contributed by atoms with E-state index < -0.39 is 11.6 Å². The Labute approximate surface area is 132 Å². The molecule has 0 unspecified atom stereocenters. The fourth-order valence-corrected chi connectivity index (χ4v) is 2.67. The molecule has 0 saturated heterocycles. The van der Waals surface area contributed by atoms with Crippen molar-refractivity contribution in [3.05, 3.63) is 51.0 Å². The first-order chi connectivity index (χ1) is 9.88. The summed E-state index contributed by atoms with van der Waals surface area (Å²) in [5, 5.41) is -0.413. The molecule has 0 radical (unpaired) electrons. The van der Waals surface area contributed by atoms with Gasteiger partial charge < -0.3 is 5.73 Å². The summed E-state index contributed by atoms with van der Waals surface area (Å²) in [4.78, 5) is 4.08. The molecule has 1 heterocycles. The van der Waals surface area contributed by atoms with Gasteiger partial charge in [-0.1, -0.05) is 34.8 Å². The van der Waals surface area contributed by atoms with E-state index >= 15 is 0 Å². The van der Waals surface area contributed by atoms with Crippen LogP contribution in [0.2, 0.25) is 15.1 Å². The van der Waals surface area contributed by atoms with Gasteiger partial charge in [0.05, 0.1) is 31.8 Å². The molecule has 0 saturated carbocycles. The number of nitrogens with zero attached hydrogens (tertiary/aromatic N) is 2. The summed E-state index contributed by atoms with van der Waals surface area (Å²) in [5.41, 5.74) is 6.97. The maximum atomic E-state index is 13.7. The number of halogens is 5. The number of nitrogen functional groups attached to an aromatic ring is 1. The number of aromatic nitrogens is 2. The molecule has 2 N–H and O–H groups in total. The van der Waals surface area contributed by atoms with Gasteiger partial charge in [0.1, 0.15) is 5.82 Å². The fraction of sp³-hybridized carbons (Fsp3) is 0. The van der Waals surface area contributed by atoms with Gasteiger partial charge in [0.25, 0.3) is 0 Å². The van der Waals surface area contributed by atoms with Crippen molar-refractivity contribution in [2.24, 2.45) is 0 Å². The normalized spacial score (nSPS) is 11.3. The second-order valence-electron chi connectivity index (χ2n) is 4.28. The molecule has 2 aromatic carbocycles. The number of rotatable bonds is 1. The van der Waals surface area contributed by atoms with Crippen LogP contribution in [0.5, 0.6) is 0 Å². The Bertz CT molecular complexity index is 854. The molecule has 0 fully saturated rings. The highest BCUT2D eigenvalue weighted by Crippen LogP contribution is 2.31. The zero-order valence-electron chi connectivity index (χ0n) is 10.2. The SMILES string of the molecule is Nc1nc2cc(Cl)c(F)cc2n1-c1cc(Cl)c(F)c(Cl)c1. The Hall–Kier alpha value is -1.56. The van der Waals surface area contributed by atoms with Crippen molar-refractivity contribution < 1.29 is 8.78 Å². The van der Waals surface area contributed by atoms with Crippen LogP contribution < -0.4 is 5.73 Å². The standard InChI is InChI=1S/C13H6Cl3F2N3/c14-6-3-10-11(4-9(6)17)21(13(19)20-10)5-1-7(15)12(18)8(16)2-5/h1-4H,(H2,19,20). The summed E-state index contributed by atoms with van der Waals surface area (Å²) in [6.45, 7) is 0. The summed E-state index contributed by atoms with van der Waals surface area (Å²) in [6, 6.07) is 5.19. The molecule has 0 bridgehead atoms. The predicted octanol–water partition coefficient (Wildman–Crippen LogP) is 4.85. The molecular formula is C13H6Cl3F2N3. The Morgan fingerprint density at radius 3 is 2.19 bits per heavy atom.